The molecule has 9 nitrogen and oxygen atoms in total. The average Bonchev–Trinajstić information content (AvgIpc) is 2.87. The Balaban J connectivity index is 1.65. The highest BCUT2D eigenvalue weighted by Gasteiger charge is 2.26. The van der Waals surface area contributed by atoms with Gasteiger partial charge in [-0.05, 0) is 38.0 Å². The molecule has 1 N–H and O–H groups in total. The number of rotatable bonds is 6. The molecule has 0 radical (unpaired) electrons. The van der Waals surface area contributed by atoms with Gasteiger partial charge in [0.1, 0.15) is 22.7 Å². The van der Waals surface area contributed by atoms with E-state index in [9.17, 15) is 23.2 Å². The fraction of sp³-hybridized carbons (Fsp3) is 0.360. The van der Waals surface area contributed by atoms with Crippen LogP contribution in [0.1, 0.15) is 35.7 Å². The first-order valence-corrected chi connectivity index (χ1v) is 11.6. The summed E-state index contributed by atoms with van der Waals surface area (Å²) in [5, 5.41) is 2.84. The topological polar surface area (TPSA) is 103 Å². The second-order valence-corrected chi connectivity index (χ2v) is 8.36. The lowest BCUT2D eigenvalue weighted by atomic mass is 10.0. The highest BCUT2D eigenvalue weighted by atomic mass is 19.1. The van der Waals surface area contributed by atoms with Gasteiger partial charge in [-0.1, -0.05) is 6.07 Å². The van der Waals surface area contributed by atoms with E-state index in [2.05, 4.69) is 10.3 Å². The van der Waals surface area contributed by atoms with Gasteiger partial charge in [-0.3, -0.25) is 9.59 Å². The van der Waals surface area contributed by atoms with Gasteiger partial charge in [-0.25, -0.2) is 18.6 Å². The van der Waals surface area contributed by atoms with Crippen LogP contribution >= 0.6 is 0 Å². The van der Waals surface area contributed by atoms with Gasteiger partial charge >= 0.3 is 6.09 Å². The molecule has 190 valence electrons. The Bertz CT molecular complexity index is 1330. The molecule has 1 aromatic carbocycles. The van der Waals surface area contributed by atoms with Crippen molar-refractivity contribution in [2.75, 3.05) is 26.8 Å². The molecule has 1 aliphatic heterocycles. The van der Waals surface area contributed by atoms with Crippen molar-refractivity contribution in [3.8, 4) is 5.88 Å². The highest BCUT2D eigenvalue weighted by Crippen LogP contribution is 2.20. The molecule has 0 bridgehead atoms. The minimum Gasteiger partial charge on any atom is -0.481 e. The molecule has 2 amide bonds. The number of nitrogens with one attached hydrogen (secondary N) is 1. The summed E-state index contributed by atoms with van der Waals surface area (Å²) in [6.07, 6.45) is 1.85. The molecule has 1 fully saturated rings. The van der Waals surface area contributed by atoms with Gasteiger partial charge in [0.05, 0.1) is 25.8 Å². The Kier molecular flexibility index (Phi) is 7.47. The predicted molar refractivity (Wildman–Crippen MR) is 127 cm³/mol. The number of carbonyl (C=O) groups excluding carboxylic acids is 2. The first kappa shape index (κ1) is 25.1. The summed E-state index contributed by atoms with van der Waals surface area (Å²) in [6.45, 7) is 2.54. The SMILES string of the molecule is CCOC(=O)N1CCC(NC(=O)c2cn(Cc3c(F)cccc3F)c3ccc(OC)nc3c2=O)CC1. The van der Waals surface area contributed by atoms with Gasteiger partial charge in [0.25, 0.3) is 5.91 Å². The normalized spacial score (nSPS) is 14.1. The maximum atomic E-state index is 14.4. The van der Waals surface area contributed by atoms with Crippen LogP contribution in [0.4, 0.5) is 13.6 Å². The zero-order valence-electron chi connectivity index (χ0n) is 19.9. The number of ether oxygens (including phenoxy) is 2. The summed E-state index contributed by atoms with van der Waals surface area (Å²) in [7, 11) is 1.39. The minimum absolute atomic E-state index is 0.0594. The summed E-state index contributed by atoms with van der Waals surface area (Å²) in [4.78, 5) is 44.0. The molecular formula is C25H26F2N4O5. The molecule has 36 heavy (non-hydrogen) atoms. The van der Waals surface area contributed by atoms with E-state index < -0.39 is 29.1 Å². The summed E-state index contributed by atoms with van der Waals surface area (Å²) in [5.41, 5.74) is -0.821. The van der Waals surface area contributed by atoms with Crippen LogP contribution in [-0.4, -0.2) is 59.3 Å². The minimum atomic E-state index is -0.748. The molecule has 11 heteroatoms. The largest absolute Gasteiger partial charge is 0.481 e. The van der Waals surface area contributed by atoms with Crippen LogP contribution in [0.25, 0.3) is 11.0 Å². The van der Waals surface area contributed by atoms with Crippen LogP contribution in [-0.2, 0) is 11.3 Å². The quantitative estimate of drug-likeness (QED) is 0.558. The van der Waals surface area contributed by atoms with E-state index in [1.807, 2.05) is 0 Å². The third-order valence-electron chi connectivity index (χ3n) is 6.10. The smallest absolute Gasteiger partial charge is 0.409 e. The first-order valence-electron chi connectivity index (χ1n) is 11.6. The van der Waals surface area contributed by atoms with Crippen molar-refractivity contribution in [3.63, 3.8) is 0 Å². The molecule has 3 aromatic rings. The number of halogens is 2. The molecule has 0 spiro atoms. The summed E-state index contributed by atoms with van der Waals surface area (Å²) < 4.78 is 40.3. The van der Waals surface area contributed by atoms with Crippen molar-refractivity contribution in [2.24, 2.45) is 0 Å². The highest BCUT2D eigenvalue weighted by molar-refractivity contribution is 5.97. The molecular weight excluding hydrogens is 474 g/mol. The molecule has 1 saturated heterocycles. The number of nitrogens with zero attached hydrogens (tertiary/aromatic N) is 3. The van der Waals surface area contributed by atoms with E-state index in [1.54, 1.807) is 17.9 Å². The van der Waals surface area contributed by atoms with Gasteiger partial charge < -0.3 is 24.3 Å². The Morgan fingerprint density at radius 3 is 2.47 bits per heavy atom. The van der Waals surface area contributed by atoms with Crippen LogP contribution in [0.2, 0.25) is 0 Å². The van der Waals surface area contributed by atoms with Gasteiger partial charge in [-0.2, -0.15) is 0 Å². The fourth-order valence-electron chi connectivity index (χ4n) is 4.19. The maximum absolute atomic E-state index is 14.4. The van der Waals surface area contributed by atoms with E-state index in [4.69, 9.17) is 9.47 Å². The number of pyridine rings is 2. The Hall–Kier alpha value is -4.02. The van der Waals surface area contributed by atoms with Crippen molar-refractivity contribution >= 4 is 23.0 Å². The van der Waals surface area contributed by atoms with Gasteiger partial charge in [-0.15, -0.1) is 0 Å². The standard InChI is InChI=1S/C25H26F2N4O5/c1-3-36-25(34)30-11-9-15(10-12-30)28-24(33)17-14-31(13-16-18(26)5-4-6-19(16)27)20-7-8-21(35-2)29-22(20)23(17)32/h4-8,14-15H,3,9-13H2,1-2H3,(H,28,33). The molecule has 0 atom stereocenters. The molecule has 0 saturated carbocycles. The number of carbonyl (C=O) groups is 2. The average molecular weight is 501 g/mol. The third kappa shape index (κ3) is 5.14. The molecule has 2 aromatic heterocycles. The lowest BCUT2D eigenvalue weighted by Crippen LogP contribution is -2.47. The van der Waals surface area contributed by atoms with Crippen LogP contribution in [0, 0.1) is 11.6 Å². The van der Waals surface area contributed by atoms with Crippen LogP contribution in [0.5, 0.6) is 5.88 Å². The zero-order valence-corrected chi connectivity index (χ0v) is 19.9. The number of hydrogen-bond acceptors (Lipinski definition) is 6. The number of fused-ring (bicyclic) bond motifs is 1. The van der Waals surface area contributed by atoms with Crippen LogP contribution in [0.15, 0.2) is 41.3 Å². The lowest BCUT2D eigenvalue weighted by molar-refractivity contribution is 0.0859. The summed E-state index contributed by atoms with van der Waals surface area (Å²) >= 11 is 0. The van der Waals surface area contributed by atoms with E-state index in [0.29, 0.717) is 31.4 Å². The lowest BCUT2D eigenvalue weighted by Gasteiger charge is -2.31. The molecule has 4 rings (SSSR count). The van der Waals surface area contributed by atoms with E-state index >= 15 is 0 Å². The molecule has 3 heterocycles. The molecule has 0 unspecified atom stereocenters. The van der Waals surface area contributed by atoms with E-state index in [0.717, 1.165) is 12.1 Å². The second-order valence-electron chi connectivity index (χ2n) is 8.36. The first-order chi connectivity index (χ1) is 17.3. The Morgan fingerprint density at radius 2 is 1.83 bits per heavy atom. The van der Waals surface area contributed by atoms with Crippen molar-refractivity contribution in [1.82, 2.24) is 19.8 Å². The number of amides is 2. The number of benzene rings is 1. The predicted octanol–water partition coefficient (Wildman–Crippen LogP) is 3.08. The van der Waals surface area contributed by atoms with Gasteiger partial charge in [0, 0.05) is 37.0 Å². The summed E-state index contributed by atoms with van der Waals surface area (Å²) in [5.74, 6) is -1.97. The zero-order chi connectivity index (χ0) is 25.8. The fourth-order valence-corrected chi connectivity index (χ4v) is 4.19. The Morgan fingerprint density at radius 1 is 1.14 bits per heavy atom. The van der Waals surface area contributed by atoms with Crippen molar-refractivity contribution in [2.45, 2.75) is 32.4 Å². The number of methoxy groups -OCH3 is 1. The van der Waals surface area contributed by atoms with E-state index in [-0.39, 0.29) is 41.7 Å². The van der Waals surface area contributed by atoms with Gasteiger partial charge in [0.2, 0.25) is 11.3 Å². The number of hydrogen-bond donors (Lipinski definition) is 1. The monoisotopic (exact) mass is 500 g/mol. The number of piperidine rings is 1. The molecule has 0 aliphatic carbocycles. The van der Waals surface area contributed by atoms with E-state index in [1.165, 1.54) is 30.0 Å². The molecule has 1 aliphatic rings. The van der Waals surface area contributed by atoms with Crippen LogP contribution in [0.3, 0.4) is 0 Å². The van der Waals surface area contributed by atoms with Gasteiger partial charge in [0.15, 0.2) is 0 Å². The van der Waals surface area contributed by atoms with Crippen LogP contribution < -0.4 is 15.5 Å². The van der Waals surface area contributed by atoms with Crippen molar-refractivity contribution < 1.29 is 27.8 Å². The Labute approximate surface area is 205 Å². The number of likely N-dealkylation sites (tertiary alicyclic amines) is 1. The second kappa shape index (κ2) is 10.7. The third-order valence-corrected chi connectivity index (χ3v) is 6.10. The maximum Gasteiger partial charge on any atom is 0.409 e. The van der Waals surface area contributed by atoms with Crippen molar-refractivity contribution in [1.29, 1.82) is 0 Å². The summed E-state index contributed by atoms with van der Waals surface area (Å²) in [6, 6.07) is 6.34. The number of aromatic nitrogens is 2. The van der Waals surface area contributed by atoms with Crippen molar-refractivity contribution in [3.05, 3.63) is 69.5 Å².